The molecule has 0 aromatic carbocycles. The second-order valence-corrected chi connectivity index (χ2v) is 10.3. The molecule has 1 amide bonds. The van der Waals surface area contributed by atoms with Gasteiger partial charge < -0.3 is 14.8 Å². The molecular formula is C22H20ClFN6O2S2. The maximum atomic E-state index is 15.2. The van der Waals surface area contributed by atoms with Crippen LogP contribution in [0, 0.1) is 5.82 Å². The zero-order valence-electron chi connectivity index (χ0n) is 18.0. The Kier molecular flexibility index (Phi) is 6.68. The lowest BCUT2D eigenvalue weighted by molar-refractivity contribution is 0.0892. The number of amides is 1. The van der Waals surface area contributed by atoms with Crippen molar-refractivity contribution in [3.05, 3.63) is 64.5 Å². The molecule has 34 heavy (non-hydrogen) atoms. The quantitative estimate of drug-likeness (QED) is 0.302. The zero-order chi connectivity index (χ0) is 23.7. The maximum Gasteiger partial charge on any atom is 0.280 e. The average Bonchev–Trinajstić information content (AvgIpc) is 3.36. The molecule has 1 atom stereocenters. The summed E-state index contributed by atoms with van der Waals surface area (Å²) in [5, 5.41) is 8.44. The number of rotatable bonds is 9. The van der Waals surface area contributed by atoms with E-state index in [9.17, 15) is 4.79 Å². The fourth-order valence-corrected chi connectivity index (χ4v) is 5.16. The summed E-state index contributed by atoms with van der Waals surface area (Å²) in [6, 6.07) is 4.34. The van der Waals surface area contributed by atoms with E-state index in [1.54, 1.807) is 41.3 Å². The van der Waals surface area contributed by atoms with Crippen LogP contribution in [0.1, 0.15) is 34.4 Å². The van der Waals surface area contributed by atoms with Crippen molar-refractivity contribution in [2.75, 3.05) is 18.4 Å². The molecule has 1 saturated carbocycles. The predicted octanol–water partition coefficient (Wildman–Crippen LogP) is 4.99. The van der Waals surface area contributed by atoms with E-state index >= 15 is 4.39 Å². The van der Waals surface area contributed by atoms with Gasteiger partial charge in [0.25, 0.3) is 5.91 Å². The van der Waals surface area contributed by atoms with Crippen molar-refractivity contribution in [1.82, 2.24) is 24.9 Å². The van der Waals surface area contributed by atoms with Crippen LogP contribution in [0.15, 0.2) is 43.0 Å². The van der Waals surface area contributed by atoms with Gasteiger partial charge in [-0.05, 0) is 43.0 Å². The molecule has 1 aliphatic carbocycles. The molecule has 1 fully saturated rings. The third-order valence-electron chi connectivity index (χ3n) is 5.19. The summed E-state index contributed by atoms with van der Waals surface area (Å²) in [5.41, 5.74) is 2.05. The summed E-state index contributed by atoms with van der Waals surface area (Å²) in [7, 11) is 1.49. The molecule has 0 aliphatic heterocycles. The van der Waals surface area contributed by atoms with Gasteiger partial charge >= 0.3 is 0 Å². The molecule has 0 spiro atoms. The van der Waals surface area contributed by atoms with E-state index in [1.807, 2.05) is 0 Å². The number of nitrogens with zero attached hydrogens (tertiary/aromatic N) is 4. The van der Waals surface area contributed by atoms with Crippen LogP contribution in [-0.4, -0.2) is 44.5 Å². The first-order valence-corrected chi connectivity index (χ1v) is 12.6. The number of hydrogen-bond acceptors (Lipinski definition) is 8. The lowest BCUT2D eigenvalue weighted by atomic mass is 10.1. The van der Waals surface area contributed by atoms with Crippen molar-refractivity contribution in [2.24, 2.45) is 0 Å². The van der Waals surface area contributed by atoms with E-state index in [4.69, 9.17) is 16.3 Å². The van der Waals surface area contributed by atoms with E-state index in [2.05, 4.69) is 25.1 Å². The van der Waals surface area contributed by atoms with Crippen LogP contribution in [-0.2, 0) is 4.74 Å². The number of aromatic nitrogens is 4. The topological polar surface area (TPSA) is 93.4 Å². The molecule has 4 aromatic rings. The molecule has 0 saturated heterocycles. The molecule has 0 unspecified atom stereocenters. The standard InChI is InChI=1S/C22H20ClFN6O2S2/c1-32-11-16(20-19(24)15(4-6-25-20)29-34-13-2-3-13)28-21(31)22-26-10-18(33-22)14-9-27-30-7-5-12(23)8-17(14)30/h4-10,13,16H,2-3,11H2,1H3,(H,25,29)(H,28,31)/t16-/m0/s1. The summed E-state index contributed by atoms with van der Waals surface area (Å²) in [6.45, 7) is 0.0552. The van der Waals surface area contributed by atoms with Gasteiger partial charge in [0.15, 0.2) is 10.8 Å². The third kappa shape index (κ3) is 4.88. The number of carbonyl (C=O) groups is 1. The monoisotopic (exact) mass is 518 g/mol. The van der Waals surface area contributed by atoms with Crippen molar-refractivity contribution in [1.29, 1.82) is 0 Å². The zero-order valence-corrected chi connectivity index (χ0v) is 20.4. The molecule has 12 heteroatoms. The molecule has 4 aromatic heterocycles. The highest BCUT2D eigenvalue weighted by Crippen LogP contribution is 2.35. The van der Waals surface area contributed by atoms with Gasteiger partial charge in [-0.1, -0.05) is 11.6 Å². The SMILES string of the molecule is COC[C@H](NC(=O)c1ncc(-c2cnn3ccc(Cl)cc23)s1)c1nccc(NSC2CC2)c1F. The van der Waals surface area contributed by atoms with Gasteiger partial charge in [-0.25, -0.2) is 13.9 Å². The Morgan fingerprint density at radius 2 is 2.24 bits per heavy atom. The number of thiazole rings is 1. The van der Waals surface area contributed by atoms with Gasteiger partial charge in [-0.2, -0.15) is 5.10 Å². The molecule has 176 valence electrons. The van der Waals surface area contributed by atoms with Crippen molar-refractivity contribution in [3.8, 4) is 10.4 Å². The fraction of sp³-hybridized carbons (Fsp3) is 0.273. The van der Waals surface area contributed by atoms with Crippen molar-refractivity contribution < 1.29 is 13.9 Å². The number of ether oxygens (including phenoxy) is 1. The molecule has 5 rings (SSSR count). The number of fused-ring (bicyclic) bond motifs is 1. The van der Waals surface area contributed by atoms with E-state index in [0.29, 0.717) is 16.0 Å². The molecule has 1 aliphatic rings. The van der Waals surface area contributed by atoms with Gasteiger partial charge in [0.1, 0.15) is 5.69 Å². The normalized spacial score (nSPS) is 14.3. The molecule has 0 bridgehead atoms. The van der Waals surface area contributed by atoms with E-state index < -0.39 is 17.8 Å². The van der Waals surface area contributed by atoms with Crippen molar-refractivity contribution >= 4 is 52.0 Å². The van der Waals surface area contributed by atoms with Crippen LogP contribution in [0.4, 0.5) is 10.1 Å². The Bertz CT molecular complexity index is 1340. The number of methoxy groups -OCH3 is 1. The first-order valence-electron chi connectivity index (χ1n) is 10.5. The largest absolute Gasteiger partial charge is 0.382 e. The molecular weight excluding hydrogens is 499 g/mol. The van der Waals surface area contributed by atoms with Gasteiger partial charge in [0.2, 0.25) is 0 Å². The second kappa shape index (κ2) is 9.87. The van der Waals surface area contributed by atoms with Gasteiger partial charge in [0.05, 0.1) is 34.9 Å². The molecule has 8 nitrogen and oxygen atoms in total. The molecule has 0 radical (unpaired) electrons. The smallest absolute Gasteiger partial charge is 0.280 e. The van der Waals surface area contributed by atoms with Crippen LogP contribution < -0.4 is 10.0 Å². The summed E-state index contributed by atoms with van der Waals surface area (Å²) in [5.74, 6) is -0.958. The Morgan fingerprint density at radius 3 is 3.03 bits per heavy atom. The number of carbonyl (C=O) groups excluding carboxylic acids is 1. The third-order valence-corrected chi connectivity index (χ3v) is 7.60. The highest BCUT2D eigenvalue weighted by molar-refractivity contribution is 8.01. The second-order valence-electron chi connectivity index (χ2n) is 7.72. The number of halogens is 2. The van der Waals surface area contributed by atoms with Gasteiger partial charge in [0, 0.05) is 41.5 Å². The number of anilines is 1. The maximum absolute atomic E-state index is 15.2. The Balaban J connectivity index is 1.36. The fourth-order valence-electron chi connectivity index (χ4n) is 3.34. The van der Waals surface area contributed by atoms with E-state index in [-0.39, 0.29) is 17.3 Å². The van der Waals surface area contributed by atoms with Crippen LogP contribution in [0.2, 0.25) is 5.02 Å². The number of hydrogen-bond donors (Lipinski definition) is 2. The van der Waals surface area contributed by atoms with Crippen molar-refractivity contribution in [3.63, 3.8) is 0 Å². The lowest BCUT2D eigenvalue weighted by Gasteiger charge is -2.18. The predicted molar refractivity (Wildman–Crippen MR) is 132 cm³/mol. The minimum absolute atomic E-state index is 0.0552. The number of pyridine rings is 2. The Labute approximate surface area is 208 Å². The summed E-state index contributed by atoms with van der Waals surface area (Å²) in [6.07, 6.45) is 8.84. The molecule has 4 heterocycles. The first-order chi connectivity index (χ1) is 16.5. The van der Waals surface area contributed by atoms with Crippen LogP contribution in [0.3, 0.4) is 0 Å². The van der Waals surface area contributed by atoms with E-state index in [1.165, 1.54) is 36.6 Å². The Morgan fingerprint density at radius 1 is 1.38 bits per heavy atom. The van der Waals surface area contributed by atoms with Crippen LogP contribution in [0.5, 0.6) is 0 Å². The minimum atomic E-state index is -0.784. The average molecular weight is 519 g/mol. The highest BCUT2D eigenvalue weighted by atomic mass is 35.5. The first kappa shape index (κ1) is 23.0. The summed E-state index contributed by atoms with van der Waals surface area (Å²) in [4.78, 5) is 22.2. The van der Waals surface area contributed by atoms with Gasteiger partial charge in [-0.3, -0.25) is 9.78 Å². The minimum Gasteiger partial charge on any atom is -0.382 e. The highest BCUT2D eigenvalue weighted by Gasteiger charge is 2.26. The lowest BCUT2D eigenvalue weighted by Crippen LogP contribution is -2.32. The summed E-state index contributed by atoms with van der Waals surface area (Å²) >= 11 is 8.83. The van der Waals surface area contributed by atoms with Crippen molar-refractivity contribution in [2.45, 2.75) is 24.1 Å². The van der Waals surface area contributed by atoms with Crippen LogP contribution in [0.25, 0.3) is 16.0 Å². The summed E-state index contributed by atoms with van der Waals surface area (Å²) < 4.78 is 25.2. The van der Waals surface area contributed by atoms with Crippen LogP contribution >= 0.6 is 34.9 Å². The number of nitrogens with one attached hydrogen (secondary N) is 2. The van der Waals surface area contributed by atoms with Gasteiger partial charge in [-0.15, -0.1) is 11.3 Å². The Hall–Kier alpha value is -2.73. The van der Waals surface area contributed by atoms with E-state index in [0.717, 1.165) is 28.8 Å². The molecule has 2 N–H and O–H groups in total.